The van der Waals surface area contributed by atoms with E-state index in [1.165, 1.54) is 11.0 Å². The number of sulfonamides is 1. The standard InChI is InChI=1S/C24H31Cl2N3O4S/c1-6-17(3)27-24(31)18(4)28(14-19-8-7-9-20(25)12-19)23(30)15-29(34(5,32)33)22-13-21(26)11-10-16(22)2/h7-13,17-18H,6,14-15H2,1-5H3,(H,27,31)/t17-,18-/m1/s1. The molecule has 0 aliphatic carbocycles. The number of hydrogen-bond donors (Lipinski definition) is 1. The number of amides is 2. The van der Waals surface area contributed by atoms with E-state index in [9.17, 15) is 18.0 Å². The van der Waals surface area contributed by atoms with E-state index in [1.807, 2.05) is 13.8 Å². The van der Waals surface area contributed by atoms with Crippen LogP contribution < -0.4 is 9.62 Å². The van der Waals surface area contributed by atoms with Crippen LogP contribution in [0.1, 0.15) is 38.3 Å². The fourth-order valence-electron chi connectivity index (χ4n) is 3.33. The molecule has 10 heteroatoms. The zero-order chi connectivity index (χ0) is 25.6. The van der Waals surface area contributed by atoms with Crippen LogP contribution in [0.5, 0.6) is 0 Å². The number of anilines is 1. The van der Waals surface area contributed by atoms with E-state index in [0.717, 1.165) is 17.0 Å². The topological polar surface area (TPSA) is 86.8 Å². The van der Waals surface area contributed by atoms with Gasteiger partial charge in [0.25, 0.3) is 0 Å². The van der Waals surface area contributed by atoms with Gasteiger partial charge in [-0.15, -0.1) is 0 Å². The van der Waals surface area contributed by atoms with Gasteiger partial charge in [-0.25, -0.2) is 8.42 Å². The summed E-state index contributed by atoms with van der Waals surface area (Å²) in [4.78, 5) is 27.8. The number of nitrogens with one attached hydrogen (secondary N) is 1. The summed E-state index contributed by atoms with van der Waals surface area (Å²) in [6.45, 7) is 6.78. The molecule has 0 aliphatic rings. The third-order valence-electron chi connectivity index (χ3n) is 5.53. The predicted octanol–water partition coefficient (Wildman–Crippen LogP) is 4.40. The minimum Gasteiger partial charge on any atom is -0.352 e. The van der Waals surface area contributed by atoms with Gasteiger partial charge in [0.15, 0.2) is 0 Å². The highest BCUT2D eigenvalue weighted by molar-refractivity contribution is 7.92. The Bertz CT molecular complexity index is 1140. The van der Waals surface area contributed by atoms with Crippen molar-refractivity contribution in [2.24, 2.45) is 0 Å². The van der Waals surface area contributed by atoms with Gasteiger partial charge in [-0.05, 0) is 62.6 Å². The molecule has 2 atom stereocenters. The first kappa shape index (κ1) is 28.0. The molecule has 2 aromatic rings. The molecule has 7 nitrogen and oxygen atoms in total. The van der Waals surface area contributed by atoms with Crippen LogP contribution in [0.4, 0.5) is 5.69 Å². The Morgan fingerprint density at radius 1 is 1.06 bits per heavy atom. The molecule has 2 aromatic carbocycles. The molecule has 2 amide bonds. The summed E-state index contributed by atoms with van der Waals surface area (Å²) in [6, 6.07) is 10.9. The quantitative estimate of drug-likeness (QED) is 0.495. The van der Waals surface area contributed by atoms with Gasteiger partial charge in [-0.3, -0.25) is 13.9 Å². The molecule has 2 rings (SSSR count). The molecular weight excluding hydrogens is 497 g/mol. The lowest BCUT2D eigenvalue weighted by molar-refractivity contribution is -0.139. The molecule has 1 N–H and O–H groups in total. The number of nitrogens with zero attached hydrogens (tertiary/aromatic N) is 2. The minimum atomic E-state index is -3.83. The highest BCUT2D eigenvalue weighted by Gasteiger charge is 2.31. The average Bonchev–Trinajstić information content (AvgIpc) is 2.76. The van der Waals surface area contributed by atoms with Crippen molar-refractivity contribution < 1.29 is 18.0 Å². The second-order valence-electron chi connectivity index (χ2n) is 8.35. The molecule has 0 spiro atoms. The molecule has 0 saturated carbocycles. The largest absolute Gasteiger partial charge is 0.352 e. The van der Waals surface area contributed by atoms with Gasteiger partial charge in [-0.2, -0.15) is 0 Å². The van der Waals surface area contributed by atoms with Crippen molar-refractivity contribution in [3.63, 3.8) is 0 Å². The smallest absolute Gasteiger partial charge is 0.244 e. The molecule has 0 radical (unpaired) electrons. The summed E-state index contributed by atoms with van der Waals surface area (Å²) in [5.74, 6) is -0.855. The summed E-state index contributed by atoms with van der Waals surface area (Å²) in [5, 5.41) is 3.73. The maximum Gasteiger partial charge on any atom is 0.244 e. The molecule has 34 heavy (non-hydrogen) atoms. The van der Waals surface area contributed by atoms with Gasteiger partial charge in [0, 0.05) is 22.6 Å². The molecule has 186 valence electrons. The van der Waals surface area contributed by atoms with Crippen molar-refractivity contribution in [3.05, 3.63) is 63.6 Å². The first-order valence-electron chi connectivity index (χ1n) is 10.9. The number of carbonyl (C=O) groups is 2. The molecule has 0 aliphatic heterocycles. The maximum absolute atomic E-state index is 13.5. The first-order chi connectivity index (χ1) is 15.8. The van der Waals surface area contributed by atoms with Gasteiger partial charge in [0.1, 0.15) is 12.6 Å². The number of benzene rings is 2. The Morgan fingerprint density at radius 3 is 2.29 bits per heavy atom. The molecule has 0 aromatic heterocycles. The van der Waals surface area contributed by atoms with Crippen molar-refractivity contribution in [2.45, 2.75) is 52.7 Å². The zero-order valence-electron chi connectivity index (χ0n) is 20.0. The summed E-state index contributed by atoms with van der Waals surface area (Å²) in [7, 11) is -3.83. The monoisotopic (exact) mass is 527 g/mol. The number of halogens is 2. The second-order valence-corrected chi connectivity index (χ2v) is 11.1. The number of hydrogen-bond acceptors (Lipinski definition) is 4. The Kier molecular flexibility index (Phi) is 9.79. The highest BCUT2D eigenvalue weighted by atomic mass is 35.5. The fraction of sp³-hybridized carbons (Fsp3) is 0.417. The Morgan fingerprint density at radius 2 is 1.71 bits per heavy atom. The summed E-state index contributed by atoms with van der Waals surface area (Å²) >= 11 is 12.2. The van der Waals surface area contributed by atoms with Crippen LogP contribution in [-0.4, -0.2) is 50.0 Å². The zero-order valence-corrected chi connectivity index (χ0v) is 22.3. The molecule has 0 bridgehead atoms. The van der Waals surface area contributed by atoms with Crippen LogP contribution >= 0.6 is 23.2 Å². The van der Waals surface area contributed by atoms with Gasteiger partial charge in [0.05, 0.1) is 11.9 Å². The third kappa shape index (κ3) is 7.61. The molecule has 0 heterocycles. The van der Waals surface area contributed by atoms with Gasteiger partial charge in [-0.1, -0.05) is 48.3 Å². The Labute approximate surface area is 212 Å². The van der Waals surface area contributed by atoms with E-state index < -0.39 is 28.5 Å². The number of aryl methyl sites for hydroxylation is 1. The van der Waals surface area contributed by atoms with E-state index in [2.05, 4.69) is 5.32 Å². The van der Waals surface area contributed by atoms with E-state index in [0.29, 0.717) is 26.9 Å². The number of carbonyl (C=O) groups excluding carboxylic acids is 2. The molecule has 0 saturated heterocycles. The van der Waals surface area contributed by atoms with Crippen LogP contribution in [-0.2, 0) is 26.2 Å². The van der Waals surface area contributed by atoms with Crippen LogP contribution in [0.3, 0.4) is 0 Å². The lowest BCUT2D eigenvalue weighted by atomic mass is 10.1. The van der Waals surface area contributed by atoms with Crippen LogP contribution in [0.15, 0.2) is 42.5 Å². The predicted molar refractivity (Wildman–Crippen MR) is 138 cm³/mol. The van der Waals surface area contributed by atoms with Crippen molar-refractivity contribution in [1.82, 2.24) is 10.2 Å². The lowest BCUT2D eigenvalue weighted by Gasteiger charge is -2.32. The number of rotatable bonds is 10. The fourth-order valence-corrected chi connectivity index (χ4v) is 4.60. The van der Waals surface area contributed by atoms with E-state index in [-0.39, 0.29) is 18.5 Å². The normalized spacial score (nSPS) is 13.1. The highest BCUT2D eigenvalue weighted by Crippen LogP contribution is 2.27. The third-order valence-corrected chi connectivity index (χ3v) is 7.13. The molecule has 0 unspecified atom stereocenters. The summed E-state index contributed by atoms with van der Waals surface area (Å²) in [6.07, 6.45) is 1.76. The molecular formula is C24H31Cl2N3O4S. The summed E-state index contributed by atoms with van der Waals surface area (Å²) in [5.41, 5.74) is 1.67. The SMILES string of the molecule is CC[C@@H](C)NC(=O)[C@@H](C)N(Cc1cccc(Cl)c1)C(=O)CN(c1cc(Cl)ccc1C)S(C)(=O)=O. The van der Waals surface area contributed by atoms with Crippen LogP contribution in [0.2, 0.25) is 10.0 Å². The second kappa shape index (κ2) is 11.9. The maximum atomic E-state index is 13.5. The Hall–Kier alpha value is -2.29. The van der Waals surface area contributed by atoms with Crippen molar-refractivity contribution in [3.8, 4) is 0 Å². The lowest BCUT2D eigenvalue weighted by Crippen LogP contribution is -2.52. The van der Waals surface area contributed by atoms with E-state index >= 15 is 0 Å². The van der Waals surface area contributed by atoms with Gasteiger partial charge >= 0.3 is 0 Å². The van der Waals surface area contributed by atoms with E-state index in [1.54, 1.807) is 50.2 Å². The Balaban J connectivity index is 2.43. The van der Waals surface area contributed by atoms with Crippen LogP contribution in [0.25, 0.3) is 0 Å². The van der Waals surface area contributed by atoms with Crippen molar-refractivity contribution >= 4 is 50.7 Å². The minimum absolute atomic E-state index is 0.0697. The van der Waals surface area contributed by atoms with Crippen molar-refractivity contribution in [2.75, 3.05) is 17.1 Å². The average molecular weight is 529 g/mol. The van der Waals surface area contributed by atoms with Gasteiger partial charge < -0.3 is 10.2 Å². The van der Waals surface area contributed by atoms with Crippen LogP contribution in [0, 0.1) is 6.92 Å². The van der Waals surface area contributed by atoms with Gasteiger partial charge in [0.2, 0.25) is 21.8 Å². The summed E-state index contributed by atoms with van der Waals surface area (Å²) < 4.78 is 26.3. The van der Waals surface area contributed by atoms with E-state index in [4.69, 9.17) is 23.2 Å². The van der Waals surface area contributed by atoms with Crippen molar-refractivity contribution in [1.29, 1.82) is 0 Å². The molecule has 0 fully saturated rings. The first-order valence-corrected chi connectivity index (χ1v) is 13.5.